The molecule has 0 aromatic carbocycles. The highest BCUT2D eigenvalue weighted by atomic mass is 28.2. The van der Waals surface area contributed by atoms with Crippen LogP contribution in [0.2, 0.25) is 0 Å². The zero-order chi connectivity index (χ0) is 9.40. The summed E-state index contributed by atoms with van der Waals surface area (Å²) in [6, 6.07) is 0. The predicted molar refractivity (Wildman–Crippen MR) is 58.4 cm³/mol. The summed E-state index contributed by atoms with van der Waals surface area (Å²) in [6.45, 7) is 8.45. The van der Waals surface area contributed by atoms with Gasteiger partial charge in [-0.15, -0.1) is 0 Å². The minimum atomic E-state index is 0.341. The van der Waals surface area contributed by atoms with Crippen LogP contribution in [0.4, 0.5) is 0 Å². The Kier molecular flexibility index (Phi) is 7.51. The summed E-state index contributed by atoms with van der Waals surface area (Å²) >= 11 is 0. The smallest absolute Gasteiger partial charge is 0.146 e. The first-order valence-electron chi connectivity index (χ1n) is 4.96. The van der Waals surface area contributed by atoms with E-state index in [1.807, 2.05) is 0 Å². The fourth-order valence-electron chi connectivity index (χ4n) is 1.39. The lowest BCUT2D eigenvalue weighted by atomic mass is 10.0. The summed E-state index contributed by atoms with van der Waals surface area (Å²) in [7, 11) is 0.828. The van der Waals surface area contributed by atoms with Gasteiger partial charge in [0.2, 0.25) is 0 Å². The minimum Gasteiger partial charge on any atom is -0.421 e. The van der Waals surface area contributed by atoms with Crippen LogP contribution in [0.25, 0.3) is 0 Å². The van der Waals surface area contributed by atoms with Crippen molar-refractivity contribution < 1.29 is 4.43 Å². The molecule has 0 aromatic heterocycles. The Labute approximate surface area is 79.7 Å². The molecule has 0 aliphatic heterocycles. The van der Waals surface area contributed by atoms with Gasteiger partial charge >= 0.3 is 0 Å². The molecule has 1 nitrogen and oxygen atoms in total. The summed E-state index contributed by atoms with van der Waals surface area (Å²) in [5.41, 5.74) is 1.29. The summed E-state index contributed by atoms with van der Waals surface area (Å²) in [5.74, 6) is 0. The van der Waals surface area contributed by atoms with Gasteiger partial charge in [-0.2, -0.15) is 0 Å². The van der Waals surface area contributed by atoms with E-state index in [-0.39, 0.29) is 0 Å². The quantitative estimate of drug-likeness (QED) is 0.336. The molecule has 1 atom stereocenters. The van der Waals surface area contributed by atoms with Crippen LogP contribution in [-0.4, -0.2) is 16.6 Å². The van der Waals surface area contributed by atoms with E-state index in [4.69, 9.17) is 4.43 Å². The molecule has 0 saturated heterocycles. The molecular formula is C10H22OSi. The highest BCUT2D eigenvalue weighted by Gasteiger charge is 2.06. The first-order chi connectivity index (χ1) is 5.76. The van der Waals surface area contributed by atoms with Crippen LogP contribution < -0.4 is 0 Å². The predicted octanol–water partition coefficient (Wildman–Crippen LogP) is 2.20. The molecule has 0 bridgehead atoms. The monoisotopic (exact) mass is 186 g/mol. The zero-order valence-electron chi connectivity index (χ0n) is 8.73. The van der Waals surface area contributed by atoms with E-state index in [9.17, 15) is 0 Å². The normalized spacial score (nSPS) is 13.2. The van der Waals surface area contributed by atoms with Crippen molar-refractivity contribution in [2.45, 2.75) is 52.1 Å². The molecular weight excluding hydrogens is 164 g/mol. The number of hydrogen-bond acceptors (Lipinski definition) is 1. The lowest BCUT2D eigenvalue weighted by Crippen LogP contribution is -2.12. The van der Waals surface area contributed by atoms with Crippen molar-refractivity contribution in [3.05, 3.63) is 12.2 Å². The van der Waals surface area contributed by atoms with E-state index >= 15 is 0 Å². The maximum atomic E-state index is 5.43. The van der Waals surface area contributed by atoms with Crippen LogP contribution in [0.3, 0.4) is 0 Å². The molecule has 12 heavy (non-hydrogen) atoms. The molecule has 0 spiro atoms. The molecule has 0 radical (unpaired) electrons. The van der Waals surface area contributed by atoms with Gasteiger partial charge in [0.15, 0.2) is 0 Å². The zero-order valence-corrected chi connectivity index (χ0v) is 10.7. The molecule has 1 unspecified atom stereocenters. The van der Waals surface area contributed by atoms with E-state index in [0.29, 0.717) is 6.10 Å². The van der Waals surface area contributed by atoms with Crippen molar-refractivity contribution in [2.75, 3.05) is 0 Å². The molecule has 0 N–H and O–H groups in total. The summed E-state index contributed by atoms with van der Waals surface area (Å²) in [4.78, 5) is 0. The Morgan fingerprint density at radius 3 is 2.50 bits per heavy atom. The van der Waals surface area contributed by atoms with Gasteiger partial charge in [0.1, 0.15) is 10.5 Å². The van der Waals surface area contributed by atoms with Crippen LogP contribution in [0.5, 0.6) is 0 Å². The molecule has 2 heteroatoms. The molecule has 0 aromatic rings. The van der Waals surface area contributed by atoms with Gasteiger partial charge in [-0.1, -0.05) is 38.8 Å². The average Bonchev–Trinajstić information content (AvgIpc) is 2.07. The second-order valence-electron chi connectivity index (χ2n) is 3.25. The Balaban J connectivity index is 3.54. The summed E-state index contributed by atoms with van der Waals surface area (Å²) in [6.07, 6.45) is 6.44. The van der Waals surface area contributed by atoms with Crippen molar-refractivity contribution in [2.24, 2.45) is 0 Å². The van der Waals surface area contributed by atoms with E-state index < -0.39 is 0 Å². The third-order valence-corrected chi connectivity index (χ3v) is 2.78. The fourth-order valence-corrected chi connectivity index (χ4v) is 2.05. The van der Waals surface area contributed by atoms with Crippen LogP contribution >= 0.6 is 0 Å². The minimum absolute atomic E-state index is 0.341. The third kappa shape index (κ3) is 4.73. The summed E-state index contributed by atoms with van der Waals surface area (Å²) < 4.78 is 5.43. The van der Waals surface area contributed by atoms with E-state index in [1.165, 1.54) is 24.8 Å². The van der Waals surface area contributed by atoms with Gasteiger partial charge in [-0.3, -0.25) is 0 Å². The highest BCUT2D eigenvalue weighted by Crippen LogP contribution is 2.15. The van der Waals surface area contributed by atoms with Crippen molar-refractivity contribution in [3.8, 4) is 0 Å². The second-order valence-corrected chi connectivity index (χ2v) is 3.72. The summed E-state index contributed by atoms with van der Waals surface area (Å²) in [5, 5.41) is 0. The van der Waals surface area contributed by atoms with E-state index in [1.54, 1.807) is 0 Å². The molecule has 0 aliphatic carbocycles. The molecule has 0 fully saturated rings. The van der Waals surface area contributed by atoms with Crippen LogP contribution in [-0.2, 0) is 4.43 Å². The Morgan fingerprint density at radius 2 is 2.08 bits per heavy atom. The first kappa shape index (κ1) is 11.9. The number of rotatable bonds is 7. The van der Waals surface area contributed by atoms with Crippen LogP contribution in [0, 0.1) is 0 Å². The van der Waals surface area contributed by atoms with Gasteiger partial charge in [0.05, 0.1) is 6.10 Å². The standard InChI is InChI=1S/C10H22OSi/c1-4-6-7-8-9(3)10(5-2)11-12/h10H,3-8H2,1-2,12H3. The van der Waals surface area contributed by atoms with Crippen molar-refractivity contribution in [1.29, 1.82) is 0 Å². The highest BCUT2D eigenvalue weighted by molar-refractivity contribution is 5.98. The van der Waals surface area contributed by atoms with E-state index in [0.717, 1.165) is 23.3 Å². The topological polar surface area (TPSA) is 9.23 Å². The third-order valence-electron chi connectivity index (χ3n) is 2.21. The maximum absolute atomic E-state index is 5.43. The molecule has 0 aliphatic rings. The number of hydrogen-bond donors (Lipinski definition) is 0. The Bertz CT molecular complexity index is 119. The van der Waals surface area contributed by atoms with E-state index in [2.05, 4.69) is 20.4 Å². The van der Waals surface area contributed by atoms with Crippen LogP contribution in [0.1, 0.15) is 46.0 Å². The molecule has 0 saturated carbocycles. The fraction of sp³-hybridized carbons (Fsp3) is 0.800. The Morgan fingerprint density at radius 1 is 1.42 bits per heavy atom. The van der Waals surface area contributed by atoms with Gasteiger partial charge in [-0.05, 0) is 19.3 Å². The molecule has 0 heterocycles. The van der Waals surface area contributed by atoms with Gasteiger partial charge < -0.3 is 4.43 Å². The lowest BCUT2D eigenvalue weighted by molar-refractivity contribution is 0.250. The van der Waals surface area contributed by atoms with Crippen molar-refractivity contribution >= 4 is 10.5 Å². The maximum Gasteiger partial charge on any atom is 0.146 e. The largest absolute Gasteiger partial charge is 0.421 e. The van der Waals surface area contributed by atoms with Crippen molar-refractivity contribution in [3.63, 3.8) is 0 Å². The molecule has 72 valence electrons. The first-order valence-corrected chi connectivity index (χ1v) is 5.78. The second kappa shape index (κ2) is 7.56. The van der Waals surface area contributed by atoms with Gasteiger partial charge in [-0.25, -0.2) is 0 Å². The SMILES string of the molecule is C=C(CCCCC)C(CC)O[SiH3]. The van der Waals surface area contributed by atoms with Crippen LogP contribution in [0.15, 0.2) is 12.2 Å². The van der Waals surface area contributed by atoms with Gasteiger partial charge in [0, 0.05) is 0 Å². The number of unbranched alkanes of at least 4 members (excludes halogenated alkanes) is 2. The Hall–Kier alpha value is -0.0831. The molecule has 0 rings (SSSR count). The average molecular weight is 186 g/mol. The lowest BCUT2D eigenvalue weighted by Gasteiger charge is -2.16. The van der Waals surface area contributed by atoms with Gasteiger partial charge in [0.25, 0.3) is 0 Å². The van der Waals surface area contributed by atoms with Crippen molar-refractivity contribution in [1.82, 2.24) is 0 Å². The molecule has 0 amide bonds.